The molecule has 1 aromatic rings. The van der Waals surface area contributed by atoms with Crippen LogP contribution in [0.15, 0.2) is 18.2 Å². The molecule has 0 saturated heterocycles. The Bertz CT molecular complexity index is 480. The molecule has 104 valence electrons. The molecule has 0 spiro atoms. The third kappa shape index (κ3) is 4.39. The predicted molar refractivity (Wildman–Crippen MR) is 75.4 cm³/mol. The van der Waals surface area contributed by atoms with Crippen LogP contribution in [-0.4, -0.2) is 23.5 Å². The molecule has 0 unspecified atom stereocenters. The van der Waals surface area contributed by atoms with E-state index in [9.17, 15) is 9.59 Å². The van der Waals surface area contributed by atoms with Crippen molar-refractivity contribution in [3.63, 3.8) is 0 Å². The molecule has 0 saturated carbocycles. The zero-order chi connectivity index (χ0) is 14.6. The van der Waals surface area contributed by atoms with E-state index in [0.29, 0.717) is 12.1 Å². The van der Waals surface area contributed by atoms with Crippen LogP contribution in [0.1, 0.15) is 31.4 Å². The van der Waals surface area contributed by atoms with E-state index in [-0.39, 0.29) is 18.4 Å². The maximum absolute atomic E-state index is 12.2. The topological polar surface area (TPSA) is 57.6 Å². The monoisotopic (exact) mass is 263 g/mol. The SMILES string of the molecule is Cc1ccc(N(CC(=O)O)C(=O)CC(C)C)c(C)c1. The van der Waals surface area contributed by atoms with E-state index in [1.54, 1.807) is 0 Å². The van der Waals surface area contributed by atoms with E-state index >= 15 is 0 Å². The van der Waals surface area contributed by atoms with Crippen LogP contribution in [0, 0.1) is 19.8 Å². The van der Waals surface area contributed by atoms with Crippen molar-refractivity contribution in [2.24, 2.45) is 5.92 Å². The lowest BCUT2D eigenvalue weighted by molar-refractivity contribution is -0.136. The summed E-state index contributed by atoms with van der Waals surface area (Å²) in [6.45, 7) is 7.45. The Labute approximate surface area is 114 Å². The average Bonchev–Trinajstić information content (AvgIpc) is 2.25. The zero-order valence-electron chi connectivity index (χ0n) is 11.9. The second kappa shape index (κ2) is 6.36. The standard InChI is InChI=1S/C15H21NO3/c1-10(2)7-14(17)16(9-15(18)19)13-6-5-11(3)8-12(13)4/h5-6,8,10H,7,9H2,1-4H3,(H,18,19). The van der Waals surface area contributed by atoms with E-state index in [4.69, 9.17) is 5.11 Å². The van der Waals surface area contributed by atoms with E-state index < -0.39 is 5.97 Å². The summed E-state index contributed by atoms with van der Waals surface area (Å²) in [4.78, 5) is 24.5. The van der Waals surface area contributed by atoms with Gasteiger partial charge in [0, 0.05) is 12.1 Å². The molecule has 0 aromatic heterocycles. The zero-order valence-corrected chi connectivity index (χ0v) is 11.9. The molecule has 0 aliphatic heterocycles. The maximum Gasteiger partial charge on any atom is 0.323 e. The molecule has 0 aliphatic carbocycles. The van der Waals surface area contributed by atoms with E-state index in [1.165, 1.54) is 4.90 Å². The van der Waals surface area contributed by atoms with Crippen molar-refractivity contribution >= 4 is 17.6 Å². The quantitative estimate of drug-likeness (QED) is 0.888. The number of nitrogens with zero attached hydrogens (tertiary/aromatic N) is 1. The molecule has 0 atom stereocenters. The number of aliphatic carboxylic acids is 1. The van der Waals surface area contributed by atoms with Crippen molar-refractivity contribution in [3.8, 4) is 0 Å². The van der Waals surface area contributed by atoms with Gasteiger partial charge in [-0.2, -0.15) is 0 Å². The van der Waals surface area contributed by atoms with Crippen molar-refractivity contribution in [2.75, 3.05) is 11.4 Å². The second-order valence-electron chi connectivity index (χ2n) is 5.26. The molecule has 0 bridgehead atoms. The Morgan fingerprint density at radius 2 is 1.89 bits per heavy atom. The number of rotatable bonds is 5. The number of hydrogen-bond donors (Lipinski definition) is 1. The van der Waals surface area contributed by atoms with Crippen molar-refractivity contribution in [1.29, 1.82) is 0 Å². The van der Waals surface area contributed by atoms with Gasteiger partial charge in [0.25, 0.3) is 0 Å². The number of hydrogen-bond acceptors (Lipinski definition) is 2. The second-order valence-corrected chi connectivity index (χ2v) is 5.26. The molecule has 1 aromatic carbocycles. The highest BCUT2D eigenvalue weighted by Crippen LogP contribution is 2.22. The Balaban J connectivity index is 3.08. The summed E-state index contributed by atoms with van der Waals surface area (Å²) >= 11 is 0. The molecular weight excluding hydrogens is 242 g/mol. The lowest BCUT2D eigenvalue weighted by atomic mass is 10.1. The largest absolute Gasteiger partial charge is 0.480 e. The van der Waals surface area contributed by atoms with Gasteiger partial charge in [-0.05, 0) is 31.4 Å². The summed E-state index contributed by atoms with van der Waals surface area (Å²) in [5, 5.41) is 8.98. The highest BCUT2D eigenvalue weighted by Gasteiger charge is 2.20. The van der Waals surface area contributed by atoms with Crippen LogP contribution < -0.4 is 4.90 Å². The number of amides is 1. The van der Waals surface area contributed by atoms with E-state index in [1.807, 2.05) is 45.9 Å². The maximum atomic E-state index is 12.2. The molecule has 4 heteroatoms. The first-order chi connectivity index (χ1) is 8.81. The van der Waals surface area contributed by atoms with Gasteiger partial charge in [0.15, 0.2) is 0 Å². The molecule has 0 aliphatic rings. The van der Waals surface area contributed by atoms with Gasteiger partial charge in [-0.3, -0.25) is 9.59 Å². The molecule has 0 radical (unpaired) electrons. The van der Waals surface area contributed by atoms with Gasteiger partial charge < -0.3 is 10.0 Å². The van der Waals surface area contributed by atoms with Gasteiger partial charge in [0.05, 0.1) is 0 Å². The minimum absolute atomic E-state index is 0.149. The molecule has 1 amide bonds. The van der Waals surface area contributed by atoms with Crippen LogP contribution in [-0.2, 0) is 9.59 Å². The minimum Gasteiger partial charge on any atom is -0.480 e. The van der Waals surface area contributed by atoms with Crippen LogP contribution in [0.2, 0.25) is 0 Å². The molecule has 0 fully saturated rings. The van der Waals surface area contributed by atoms with Gasteiger partial charge in [-0.25, -0.2) is 0 Å². The number of benzene rings is 1. The number of carboxylic acids is 1. The fraction of sp³-hybridized carbons (Fsp3) is 0.467. The third-order valence-corrected chi connectivity index (χ3v) is 2.82. The normalized spacial score (nSPS) is 10.6. The van der Waals surface area contributed by atoms with E-state index in [0.717, 1.165) is 11.1 Å². The van der Waals surface area contributed by atoms with Crippen LogP contribution in [0.3, 0.4) is 0 Å². The Kier molecular flexibility index (Phi) is 5.10. The fourth-order valence-electron chi connectivity index (χ4n) is 2.01. The molecule has 0 heterocycles. The van der Waals surface area contributed by atoms with Gasteiger partial charge in [0.1, 0.15) is 6.54 Å². The average molecular weight is 263 g/mol. The van der Waals surface area contributed by atoms with Crippen molar-refractivity contribution < 1.29 is 14.7 Å². The van der Waals surface area contributed by atoms with Crippen molar-refractivity contribution in [3.05, 3.63) is 29.3 Å². The lowest BCUT2D eigenvalue weighted by Gasteiger charge is -2.24. The lowest BCUT2D eigenvalue weighted by Crippen LogP contribution is -2.36. The smallest absolute Gasteiger partial charge is 0.323 e. The first kappa shape index (κ1) is 15.2. The fourth-order valence-corrected chi connectivity index (χ4v) is 2.01. The van der Waals surface area contributed by atoms with Gasteiger partial charge in [0.2, 0.25) is 5.91 Å². The third-order valence-electron chi connectivity index (χ3n) is 2.82. The van der Waals surface area contributed by atoms with E-state index in [2.05, 4.69) is 0 Å². The highest BCUT2D eigenvalue weighted by atomic mass is 16.4. The van der Waals surface area contributed by atoms with Crippen molar-refractivity contribution in [2.45, 2.75) is 34.1 Å². The Hall–Kier alpha value is -1.84. The molecule has 1 rings (SSSR count). The van der Waals surface area contributed by atoms with Gasteiger partial charge in [-0.1, -0.05) is 31.5 Å². The summed E-state index contributed by atoms with van der Waals surface area (Å²) in [5.41, 5.74) is 2.69. The highest BCUT2D eigenvalue weighted by molar-refractivity contribution is 5.98. The first-order valence-electron chi connectivity index (χ1n) is 6.40. The van der Waals surface area contributed by atoms with Gasteiger partial charge >= 0.3 is 5.97 Å². The molecular formula is C15H21NO3. The number of carbonyl (C=O) groups excluding carboxylic acids is 1. The number of carboxylic acid groups (broad SMARTS) is 1. The summed E-state index contributed by atoms with van der Waals surface area (Å²) in [6.07, 6.45) is 0.348. The molecule has 1 N–H and O–H groups in total. The minimum atomic E-state index is -1.00. The predicted octanol–water partition coefficient (Wildman–Crippen LogP) is 2.77. The number of carbonyl (C=O) groups is 2. The van der Waals surface area contributed by atoms with Crippen LogP contribution in [0.25, 0.3) is 0 Å². The first-order valence-corrected chi connectivity index (χ1v) is 6.40. The summed E-state index contributed by atoms with van der Waals surface area (Å²) < 4.78 is 0. The summed E-state index contributed by atoms with van der Waals surface area (Å²) in [7, 11) is 0. The van der Waals surface area contributed by atoms with Crippen molar-refractivity contribution in [1.82, 2.24) is 0 Å². The summed E-state index contributed by atoms with van der Waals surface area (Å²) in [6, 6.07) is 5.65. The summed E-state index contributed by atoms with van der Waals surface area (Å²) in [5.74, 6) is -0.948. The molecule has 4 nitrogen and oxygen atoms in total. The number of anilines is 1. The Morgan fingerprint density at radius 3 is 2.37 bits per heavy atom. The molecule has 19 heavy (non-hydrogen) atoms. The van der Waals surface area contributed by atoms with Crippen LogP contribution >= 0.6 is 0 Å². The number of aryl methyl sites for hydroxylation is 2. The van der Waals surface area contributed by atoms with Crippen LogP contribution in [0.5, 0.6) is 0 Å². The Morgan fingerprint density at radius 1 is 1.26 bits per heavy atom. The van der Waals surface area contributed by atoms with Gasteiger partial charge in [-0.15, -0.1) is 0 Å². The van der Waals surface area contributed by atoms with Crippen LogP contribution in [0.4, 0.5) is 5.69 Å².